The number of carbonyl (C=O) groups is 8. The molecule has 20 nitrogen and oxygen atoms in total. The molecule has 0 spiro atoms. The van der Waals surface area contributed by atoms with Gasteiger partial charge < -0.3 is 63.8 Å². The van der Waals surface area contributed by atoms with Crippen LogP contribution in [0.2, 0.25) is 0 Å². The van der Waals surface area contributed by atoms with Crippen LogP contribution in [0.1, 0.15) is 73.3 Å². The molecule has 0 aliphatic heterocycles. The van der Waals surface area contributed by atoms with Crippen LogP contribution in [0.4, 0.5) is 0 Å². The van der Waals surface area contributed by atoms with E-state index in [0.29, 0.717) is 5.56 Å². The van der Waals surface area contributed by atoms with Gasteiger partial charge in [0.2, 0.25) is 41.4 Å². The first-order chi connectivity index (χ1) is 26.5. The number of aliphatic hydroxyl groups excluding tert-OH is 2. The normalized spacial score (nSPS) is 15.5. The molecule has 0 radical (unpaired) electrons. The van der Waals surface area contributed by atoms with Gasteiger partial charge in [-0.1, -0.05) is 53.7 Å². The lowest BCUT2D eigenvalue weighted by atomic mass is 9.98. The number of carboxylic acid groups (broad SMARTS) is 1. The quantitative estimate of drug-likeness (QED) is 0.0505. The van der Waals surface area contributed by atoms with E-state index in [9.17, 15) is 58.8 Å². The number of phenols is 1. The molecule has 0 bridgehead atoms. The summed E-state index contributed by atoms with van der Waals surface area (Å²) in [6, 6.07) is -4.31. The van der Waals surface area contributed by atoms with Crippen LogP contribution in [0.3, 0.4) is 0 Å². The summed E-state index contributed by atoms with van der Waals surface area (Å²) in [5.41, 5.74) is 11.6. The van der Waals surface area contributed by atoms with Gasteiger partial charge in [-0.2, -0.15) is 0 Å². The highest BCUT2D eigenvalue weighted by molar-refractivity contribution is 5.97. The molecule has 0 saturated heterocycles. The Balaban J connectivity index is 3.19. The molecule has 1 aromatic rings. The lowest BCUT2D eigenvalue weighted by Crippen LogP contribution is -2.62. The van der Waals surface area contributed by atoms with Crippen molar-refractivity contribution in [1.29, 1.82) is 0 Å². The zero-order valence-electron chi connectivity index (χ0n) is 33.4. The Hall–Kier alpha value is -5.34. The number of primary amides is 1. The number of aliphatic carboxylic acids is 1. The number of amides is 7. The Morgan fingerprint density at radius 2 is 1.11 bits per heavy atom. The van der Waals surface area contributed by atoms with Crippen molar-refractivity contribution >= 4 is 47.3 Å². The Labute approximate surface area is 331 Å². The summed E-state index contributed by atoms with van der Waals surface area (Å²) in [6.45, 7) is 10.5. The Morgan fingerprint density at radius 1 is 0.632 bits per heavy atom. The number of phenolic OH excluding ortho intramolecular Hbond substituents is 1. The summed E-state index contributed by atoms with van der Waals surface area (Å²) in [6.07, 6.45) is -2.61. The van der Waals surface area contributed by atoms with E-state index in [1.165, 1.54) is 24.3 Å². The molecule has 8 atom stereocenters. The third-order valence-corrected chi connectivity index (χ3v) is 8.79. The molecule has 57 heavy (non-hydrogen) atoms. The number of aromatic hydroxyl groups is 1. The van der Waals surface area contributed by atoms with E-state index in [1.54, 1.807) is 41.5 Å². The van der Waals surface area contributed by atoms with Crippen LogP contribution in [0.15, 0.2) is 24.3 Å². The van der Waals surface area contributed by atoms with E-state index < -0.39 is 121 Å². The standard InChI is InChI=1S/C37H60N8O12/c1-17(2)14-24(41-35(54)29(19(5)6)44-34(53)28(39)18(3)4)32(51)43-26(16-46)33(52)45-30(20(7)47)36(55)40-23(12-13-27(38)49)31(50)42-25(37(56)57)15-21-8-10-22(48)11-9-21/h8-11,17-20,23-26,28-30,46-48H,12-16,39H2,1-7H3,(H2,38,49)(H,40,55)(H,41,54)(H,42,50)(H,43,51)(H,44,53)(H,45,52)(H,56,57)/t20-,23+,24+,25+,26+,28+,29+,30+/m1/s1. The van der Waals surface area contributed by atoms with Crippen LogP contribution in [0, 0.1) is 17.8 Å². The van der Waals surface area contributed by atoms with E-state index in [0.717, 1.165) is 6.92 Å². The van der Waals surface area contributed by atoms with Gasteiger partial charge in [-0.05, 0) is 55.2 Å². The number of carbonyl (C=O) groups excluding carboxylic acids is 7. The van der Waals surface area contributed by atoms with Crippen molar-refractivity contribution in [1.82, 2.24) is 31.9 Å². The first kappa shape index (κ1) is 49.7. The van der Waals surface area contributed by atoms with Gasteiger partial charge in [-0.15, -0.1) is 0 Å². The molecule has 0 heterocycles. The number of nitrogens with one attached hydrogen (secondary N) is 6. The minimum Gasteiger partial charge on any atom is -0.508 e. The fourth-order valence-corrected chi connectivity index (χ4v) is 5.33. The van der Waals surface area contributed by atoms with Crippen LogP contribution in [-0.4, -0.2) is 123 Å². The maximum atomic E-state index is 13.5. The number of aliphatic hydroxyl groups is 2. The molecule has 0 unspecified atom stereocenters. The molecular formula is C37H60N8O12. The van der Waals surface area contributed by atoms with Crippen LogP contribution in [-0.2, 0) is 44.8 Å². The Morgan fingerprint density at radius 3 is 1.58 bits per heavy atom. The second-order valence-corrected chi connectivity index (χ2v) is 15.0. The van der Waals surface area contributed by atoms with Crippen LogP contribution >= 0.6 is 0 Å². The van der Waals surface area contributed by atoms with Gasteiger partial charge in [0.25, 0.3) is 0 Å². The minimum atomic E-state index is -1.81. The molecule has 0 aliphatic rings. The van der Waals surface area contributed by atoms with Crippen molar-refractivity contribution in [2.45, 2.75) is 123 Å². The lowest BCUT2D eigenvalue weighted by molar-refractivity contribution is -0.142. The second kappa shape index (κ2) is 23.7. The van der Waals surface area contributed by atoms with E-state index in [1.807, 2.05) is 0 Å². The third kappa shape index (κ3) is 17.1. The third-order valence-electron chi connectivity index (χ3n) is 8.79. The van der Waals surface area contributed by atoms with Gasteiger partial charge in [0.1, 0.15) is 42.0 Å². The van der Waals surface area contributed by atoms with Crippen molar-refractivity contribution in [2.24, 2.45) is 29.2 Å². The predicted molar refractivity (Wildman–Crippen MR) is 205 cm³/mol. The fraction of sp³-hybridized carbons (Fsp3) is 0.622. The molecule has 1 rings (SSSR count). The summed E-state index contributed by atoms with van der Waals surface area (Å²) in [5.74, 6) is -8.63. The maximum absolute atomic E-state index is 13.5. The molecule has 0 aliphatic carbocycles. The van der Waals surface area contributed by atoms with E-state index >= 15 is 0 Å². The molecular weight excluding hydrogens is 748 g/mol. The molecule has 0 saturated carbocycles. The summed E-state index contributed by atoms with van der Waals surface area (Å²) in [7, 11) is 0. The number of rotatable bonds is 24. The second-order valence-electron chi connectivity index (χ2n) is 15.0. The molecule has 14 N–H and O–H groups in total. The average molecular weight is 809 g/mol. The SMILES string of the molecule is CC(C)C[C@H](NC(=O)[C@@H](NC(=O)[C@@H](N)C(C)C)C(C)C)C(=O)N[C@@H](CO)C(=O)N[C@H](C(=O)N[C@@H](CCC(N)=O)C(=O)N[C@@H](Cc1ccc(O)cc1)C(=O)O)[C@@H](C)O. The van der Waals surface area contributed by atoms with Crippen molar-refractivity contribution in [3.63, 3.8) is 0 Å². The first-order valence-electron chi connectivity index (χ1n) is 18.6. The highest BCUT2D eigenvalue weighted by atomic mass is 16.4. The smallest absolute Gasteiger partial charge is 0.326 e. The molecule has 320 valence electrons. The molecule has 0 fully saturated rings. The van der Waals surface area contributed by atoms with Crippen LogP contribution in [0.5, 0.6) is 5.75 Å². The monoisotopic (exact) mass is 808 g/mol. The van der Waals surface area contributed by atoms with Gasteiger partial charge in [0.15, 0.2) is 0 Å². The summed E-state index contributed by atoms with van der Waals surface area (Å²) in [5, 5.41) is 54.1. The lowest BCUT2D eigenvalue weighted by Gasteiger charge is -2.29. The Bertz CT molecular complexity index is 1550. The summed E-state index contributed by atoms with van der Waals surface area (Å²) < 4.78 is 0. The van der Waals surface area contributed by atoms with Crippen LogP contribution in [0.25, 0.3) is 0 Å². The van der Waals surface area contributed by atoms with Gasteiger partial charge in [-0.3, -0.25) is 33.6 Å². The van der Waals surface area contributed by atoms with Crippen LogP contribution < -0.4 is 43.4 Å². The van der Waals surface area contributed by atoms with Gasteiger partial charge in [-0.25, -0.2) is 4.79 Å². The average Bonchev–Trinajstić information content (AvgIpc) is 3.12. The zero-order chi connectivity index (χ0) is 43.7. The molecule has 7 amide bonds. The summed E-state index contributed by atoms with van der Waals surface area (Å²) in [4.78, 5) is 103. The largest absolute Gasteiger partial charge is 0.508 e. The highest BCUT2D eigenvalue weighted by Crippen LogP contribution is 2.13. The topological polar surface area (TPSA) is 342 Å². The first-order valence-corrected chi connectivity index (χ1v) is 18.6. The van der Waals surface area contributed by atoms with Gasteiger partial charge in [0, 0.05) is 12.8 Å². The zero-order valence-corrected chi connectivity index (χ0v) is 33.4. The van der Waals surface area contributed by atoms with Gasteiger partial charge >= 0.3 is 5.97 Å². The maximum Gasteiger partial charge on any atom is 0.326 e. The van der Waals surface area contributed by atoms with Crippen molar-refractivity contribution in [2.75, 3.05) is 6.61 Å². The van der Waals surface area contributed by atoms with Crippen molar-refractivity contribution in [3.05, 3.63) is 29.8 Å². The minimum absolute atomic E-state index is 0.0677. The number of carboxylic acids is 1. The number of benzene rings is 1. The van der Waals surface area contributed by atoms with E-state index in [-0.39, 0.29) is 30.4 Å². The number of hydrogen-bond acceptors (Lipinski definition) is 12. The van der Waals surface area contributed by atoms with E-state index in [4.69, 9.17) is 11.5 Å². The number of nitrogens with two attached hydrogens (primary N) is 2. The fourth-order valence-electron chi connectivity index (χ4n) is 5.33. The summed E-state index contributed by atoms with van der Waals surface area (Å²) >= 11 is 0. The number of hydrogen-bond donors (Lipinski definition) is 12. The predicted octanol–water partition coefficient (Wildman–Crippen LogP) is -2.75. The van der Waals surface area contributed by atoms with Crippen molar-refractivity contribution < 1.29 is 58.8 Å². The molecule has 0 aromatic heterocycles. The van der Waals surface area contributed by atoms with Gasteiger partial charge in [0.05, 0.1) is 18.8 Å². The molecule has 1 aromatic carbocycles. The molecule has 20 heteroatoms. The highest BCUT2D eigenvalue weighted by Gasteiger charge is 2.36. The van der Waals surface area contributed by atoms with E-state index in [2.05, 4.69) is 31.9 Å². The van der Waals surface area contributed by atoms with Crippen molar-refractivity contribution in [3.8, 4) is 5.75 Å². The Kier molecular flexibility index (Phi) is 20.6.